The van der Waals surface area contributed by atoms with Gasteiger partial charge >= 0.3 is 0 Å². The molecule has 0 saturated carbocycles. The maximum Gasteiger partial charge on any atom is 0.174 e. The van der Waals surface area contributed by atoms with Crippen LogP contribution in [0.2, 0.25) is 0 Å². The van der Waals surface area contributed by atoms with Crippen LogP contribution in [0.4, 0.5) is 11.5 Å². The Morgan fingerprint density at radius 2 is 1.92 bits per heavy atom. The highest BCUT2D eigenvalue weighted by Crippen LogP contribution is 2.42. The molecule has 0 fully saturated rings. The molecule has 0 spiro atoms. The van der Waals surface area contributed by atoms with Crippen molar-refractivity contribution >= 4 is 43.8 Å². The summed E-state index contributed by atoms with van der Waals surface area (Å²) in [5, 5.41) is 21.0. The maximum atomic E-state index is 10.2. The van der Waals surface area contributed by atoms with E-state index in [9.17, 15) is 5.11 Å². The van der Waals surface area contributed by atoms with E-state index in [0.717, 1.165) is 43.5 Å². The number of rotatable bonds is 3. The molecular formula is C20H17N3OS. The summed E-state index contributed by atoms with van der Waals surface area (Å²) < 4.78 is 0.971. The lowest BCUT2D eigenvalue weighted by atomic mass is 10.1. The lowest BCUT2D eigenvalue weighted by Gasteiger charge is -2.05. The number of fused-ring (bicyclic) bond motifs is 2. The predicted molar refractivity (Wildman–Crippen MR) is 104 cm³/mol. The minimum Gasteiger partial charge on any atom is -0.507 e. The Labute approximate surface area is 149 Å². The first-order chi connectivity index (χ1) is 12.2. The Hall–Kier alpha value is -2.79. The SMILES string of the molecule is CCc1cc(O)c2cc(C)sc2c1N=Nc1ccc2ccccc2n1. The molecule has 124 valence electrons. The van der Waals surface area contributed by atoms with Crippen molar-refractivity contribution in [2.24, 2.45) is 10.2 Å². The van der Waals surface area contributed by atoms with Crippen LogP contribution in [0.3, 0.4) is 0 Å². The number of phenolic OH excluding ortho intramolecular Hbond substituents is 1. The molecule has 0 aliphatic carbocycles. The molecule has 4 rings (SSSR count). The number of benzene rings is 2. The van der Waals surface area contributed by atoms with E-state index in [1.807, 2.05) is 56.3 Å². The van der Waals surface area contributed by atoms with E-state index in [1.165, 1.54) is 0 Å². The molecule has 25 heavy (non-hydrogen) atoms. The van der Waals surface area contributed by atoms with Crippen molar-refractivity contribution in [3.05, 3.63) is 59.0 Å². The standard InChI is InChI=1S/C20H17N3OS/c1-3-13-11-17(24)15-10-12(2)25-20(15)19(13)23-22-18-9-8-14-6-4-5-7-16(14)21-18/h4-11,24H,3H2,1-2H3. The largest absolute Gasteiger partial charge is 0.507 e. The van der Waals surface area contributed by atoms with Crippen molar-refractivity contribution in [3.8, 4) is 5.75 Å². The van der Waals surface area contributed by atoms with Gasteiger partial charge in [0.15, 0.2) is 5.82 Å². The van der Waals surface area contributed by atoms with Crippen LogP contribution >= 0.6 is 11.3 Å². The van der Waals surface area contributed by atoms with Crippen LogP contribution in [0.1, 0.15) is 17.4 Å². The van der Waals surface area contributed by atoms with Crippen molar-refractivity contribution in [2.45, 2.75) is 20.3 Å². The zero-order valence-corrected chi connectivity index (χ0v) is 14.8. The lowest BCUT2D eigenvalue weighted by molar-refractivity contribution is 0.481. The molecule has 0 saturated heterocycles. The van der Waals surface area contributed by atoms with Gasteiger partial charge in [0.2, 0.25) is 0 Å². The fourth-order valence-corrected chi connectivity index (χ4v) is 3.97. The van der Waals surface area contributed by atoms with Gasteiger partial charge in [0, 0.05) is 15.6 Å². The second-order valence-electron chi connectivity index (χ2n) is 5.92. The third-order valence-corrected chi connectivity index (χ3v) is 5.24. The van der Waals surface area contributed by atoms with Crippen molar-refractivity contribution in [3.63, 3.8) is 0 Å². The number of hydrogen-bond acceptors (Lipinski definition) is 5. The summed E-state index contributed by atoms with van der Waals surface area (Å²) in [5.74, 6) is 0.884. The van der Waals surface area contributed by atoms with Gasteiger partial charge in [0.05, 0.1) is 10.2 Å². The third-order valence-electron chi connectivity index (χ3n) is 4.18. The highest BCUT2D eigenvalue weighted by Gasteiger charge is 2.13. The molecule has 1 N–H and O–H groups in total. The zero-order chi connectivity index (χ0) is 17.4. The first kappa shape index (κ1) is 15.7. The van der Waals surface area contributed by atoms with E-state index >= 15 is 0 Å². The number of phenols is 1. The second kappa shape index (κ2) is 6.26. The van der Waals surface area contributed by atoms with Crippen molar-refractivity contribution in [2.75, 3.05) is 0 Å². The molecular weight excluding hydrogens is 330 g/mol. The summed E-state index contributed by atoms with van der Waals surface area (Å²) in [7, 11) is 0. The quantitative estimate of drug-likeness (QED) is 0.433. The molecule has 0 unspecified atom stereocenters. The number of hydrogen-bond donors (Lipinski definition) is 1. The average molecular weight is 347 g/mol. The van der Waals surface area contributed by atoms with Gasteiger partial charge in [-0.3, -0.25) is 0 Å². The predicted octanol–water partition coefficient (Wildman–Crippen LogP) is 6.44. The lowest BCUT2D eigenvalue weighted by Crippen LogP contribution is -1.82. The Bertz CT molecular complexity index is 1110. The maximum absolute atomic E-state index is 10.2. The molecule has 0 bridgehead atoms. The average Bonchev–Trinajstić information content (AvgIpc) is 3.02. The van der Waals surface area contributed by atoms with Crippen molar-refractivity contribution in [1.29, 1.82) is 0 Å². The van der Waals surface area contributed by atoms with Gasteiger partial charge in [-0.2, -0.15) is 0 Å². The number of thiophene rings is 1. The fraction of sp³-hybridized carbons (Fsp3) is 0.150. The van der Waals surface area contributed by atoms with Crippen LogP contribution in [-0.2, 0) is 6.42 Å². The minimum atomic E-state index is 0.305. The van der Waals surface area contributed by atoms with Crippen LogP contribution in [0, 0.1) is 6.92 Å². The van der Waals surface area contributed by atoms with Crippen LogP contribution in [0.25, 0.3) is 21.0 Å². The first-order valence-corrected chi connectivity index (χ1v) is 9.00. The van der Waals surface area contributed by atoms with Gasteiger partial charge in [-0.15, -0.1) is 21.6 Å². The number of pyridine rings is 1. The zero-order valence-electron chi connectivity index (χ0n) is 14.0. The molecule has 2 aromatic carbocycles. The summed E-state index contributed by atoms with van der Waals surface area (Å²) in [4.78, 5) is 5.68. The summed E-state index contributed by atoms with van der Waals surface area (Å²) in [6, 6.07) is 15.6. The van der Waals surface area contributed by atoms with Crippen LogP contribution in [-0.4, -0.2) is 10.1 Å². The monoisotopic (exact) mass is 347 g/mol. The topological polar surface area (TPSA) is 57.8 Å². The molecule has 0 amide bonds. The Morgan fingerprint density at radius 1 is 1.08 bits per heavy atom. The van der Waals surface area contributed by atoms with Crippen molar-refractivity contribution in [1.82, 2.24) is 4.98 Å². The van der Waals surface area contributed by atoms with Gasteiger partial charge in [0.1, 0.15) is 11.4 Å². The molecule has 0 aliphatic heterocycles. The molecule has 0 aliphatic rings. The van der Waals surface area contributed by atoms with Gasteiger partial charge in [0.25, 0.3) is 0 Å². The van der Waals surface area contributed by atoms with Gasteiger partial charge < -0.3 is 5.11 Å². The van der Waals surface area contributed by atoms with E-state index in [4.69, 9.17) is 0 Å². The number of para-hydroxylation sites is 1. The number of nitrogens with zero attached hydrogens (tertiary/aromatic N) is 3. The van der Waals surface area contributed by atoms with E-state index in [-0.39, 0.29) is 0 Å². The number of aromatic nitrogens is 1. The molecule has 2 heterocycles. The smallest absolute Gasteiger partial charge is 0.174 e. The Morgan fingerprint density at radius 3 is 2.76 bits per heavy atom. The highest BCUT2D eigenvalue weighted by atomic mass is 32.1. The molecule has 0 radical (unpaired) electrons. The van der Waals surface area contributed by atoms with E-state index in [1.54, 1.807) is 17.4 Å². The molecule has 5 heteroatoms. The van der Waals surface area contributed by atoms with Crippen LogP contribution in [0.15, 0.2) is 58.8 Å². The number of azo groups is 1. The van der Waals surface area contributed by atoms with Gasteiger partial charge in [-0.05, 0) is 49.2 Å². The number of aryl methyl sites for hydroxylation is 2. The van der Waals surface area contributed by atoms with Crippen LogP contribution < -0.4 is 0 Å². The second-order valence-corrected chi connectivity index (χ2v) is 7.18. The summed E-state index contributed by atoms with van der Waals surface area (Å²) in [5.41, 5.74) is 2.71. The first-order valence-electron chi connectivity index (χ1n) is 8.18. The van der Waals surface area contributed by atoms with E-state index in [2.05, 4.69) is 15.2 Å². The molecule has 0 atom stereocenters. The van der Waals surface area contributed by atoms with Gasteiger partial charge in [-0.25, -0.2) is 4.98 Å². The third kappa shape index (κ3) is 2.87. The summed E-state index contributed by atoms with van der Waals surface area (Å²) >= 11 is 1.63. The highest BCUT2D eigenvalue weighted by molar-refractivity contribution is 7.19. The number of aromatic hydroxyl groups is 1. The molecule has 4 nitrogen and oxygen atoms in total. The minimum absolute atomic E-state index is 0.305. The molecule has 4 aromatic rings. The molecule has 2 aromatic heterocycles. The Kier molecular flexibility index (Phi) is 3.93. The fourth-order valence-electron chi connectivity index (χ4n) is 2.93. The van der Waals surface area contributed by atoms with E-state index in [0.29, 0.717) is 11.6 Å². The summed E-state index contributed by atoms with van der Waals surface area (Å²) in [6.07, 6.45) is 0.778. The van der Waals surface area contributed by atoms with E-state index < -0.39 is 0 Å². The van der Waals surface area contributed by atoms with Gasteiger partial charge in [-0.1, -0.05) is 25.1 Å². The van der Waals surface area contributed by atoms with Crippen molar-refractivity contribution < 1.29 is 5.11 Å². The summed E-state index contributed by atoms with van der Waals surface area (Å²) in [6.45, 7) is 4.08. The normalized spacial score (nSPS) is 11.8. The van der Waals surface area contributed by atoms with Crippen LogP contribution in [0.5, 0.6) is 5.75 Å². The Balaban J connectivity index is 1.83.